The first-order valence-electron chi connectivity index (χ1n) is 5.23. The van der Waals surface area contributed by atoms with Crippen molar-refractivity contribution in [2.75, 3.05) is 5.75 Å². The van der Waals surface area contributed by atoms with Crippen molar-refractivity contribution < 1.29 is 4.79 Å². The number of aromatic amines is 1. The molecule has 102 valence electrons. The van der Waals surface area contributed by atoms with Crippen LogP contribution in [0.4, 0.5) is 0 Å². The molecule has 9 nitrogen and oxygen atoms in total. The van der Waals surface area contributed by atoms with Crippen LogP contribution in [0.2, 0.25) is 0 Å². The van der Waals surface area contributed by atoms with Crippen LogP contribution in [0.15, 0.2) is 14.7 Å². The van der Waals surface area contributed by atoms with Crippen molar-refractivity contribution in [2.24, 2.45) is 19.9 Å². The normalized spacial score (nSPS) is 10.9. The van der Waals surface area contributed by atoms with Crippen molar-refractivity contribution in [3.05, 3.63) is 20.8 Å². The third-order valence-corrected chi connectivity index (χ3v) is 3.45. The molecule has 0 aliphatic rings. The predicted octanol–water partition coefficient (Wildman–Crippen LogP) is -1.96. The Morgan fingerprint density at radius 1 is 1.42 bits per heavy atom. The number of nitrogens with one attached hydrogen (secondary N) is 2. The SMILES string of the molecule is Cn1c(=O)c2[nH]c(SCC(=O)NN)nc2n(C)c1=O. The minimum Gasteiger partial charge on any atom is -0.327 e. The van der Waals surface area contributed by atoms with Gasteiger partial charge < -0.3 is 4.98 Å². The molecule has 0 unspecified atom stereocenters. The fraction of sp³-hybridized carbons (Fsp3) is 0.333. The molecule has 10 heteroatoms. The number of aromatic nitrogens is 4. The van der Waals surface area contributed by atoms with Crippen LogP contribution in [-0.4, -0.2) is 30.8 Å². The lowest BCUT2D eigenvalue weighted by Crippen LogP contribution is -2.36. The molecule has 0 saturated carbocycles. The van der Waals surface area contributed by atoms with E-state index in [0.717, 1.165) is 16.3 Å². The molecule has 0 saturated heterocycles. The summed E-state index contributed by atoms with van der Waals surface area (Å²) in [6.45, 7) is 0. The number of nitrogens with two attached hydrogens (primary N) is 1. The Labute approximate surface area is 110 Å². The number of rotatable bonds is 3. The number of aryl methyl sites for hydroxylation is 1. The first-order chi connectivity index (χ1) is 8.95. The van der Waals surface area contributed by atoms with Crippen molar-refractivity contribution in [3.8, 4) is 0 Å². The monoisotopic (exact) mass is 284 g/mol. The number of H-pyrrole nitrogens is 1. The highest BCUT2D eigenvalue weighted by Gasteiger charge is 2.14. The lowest BCUT2D eigenvalue weighted by molar-refractivity contribution is -0.118. The number of amides is 1. The van der Waals surface area contributed by atoms with E-state index in [0.29, 0.717) is 5.16 Å². The van der Waals surface area contributed by atoms with E-state index in [1.165, 1.54) is 18.7 Å². The van der Waals surface area contributed by atoms with Gasteiger partial charge >= 0.3 is 5.69 Å². The molecule has 1 amide bonds. The number of carbonyl (C=O) groups is 1. The average molecular weight is 284 g/mol. The Balaban J connectivity index is 2.49. The zero-order chi connectivity index (χ0) is 14.2. The van der Waals surface area contributed by atoms with Gasteiger partial charge in [-0.25, -0.2) is 15.6 Å². The average Bonchev–Trinajstić information content (AvgIpc) is 2.84. The van der Waals surface area contributed by atoms with E-state index >= 15 is 0 Å². The van der Waals surface area contributed by atoms with E-state index < -0.39 is 11.2 Å². The van der Waals surface area contributed by atoms with Gasteiger partial charge in [-0.1, -0.05) is 11.8 Å². The standard InChI is InChI=1S/C9H12N6O3S/c1-14-6-5(7(17)15(2)9(14)18)11-8(12-6)19-3-4(16)13-10/h3,10H2,1-2H3,(H,11,12)(H,13,16). The molecule has 19 heavy (non-hydrogen) atoms. The van der Waals surface area contributed by atoms with Crippen molar-refractivity contribution in [2.45, 2.75) is 5.16 Å². The van der Waals surface area contributed by atoms with Gasteiger partial charge in [0.05, 0.1) is 5.75 Å². The van der Waals surface area contributed by atoms with Crippen molar-refractivity contribution in [1.29, 1.82) is 0 Å². The van der Waals surface area contributed by atoms with Gasteiger partial charge in [-0.15, -0.1) is 0 Å². The first-order valence-corrected chi connectivity index (χ1v) is 6.22. The van der Waals surface area contributed by atoms with Crippen molar-refractivity contribution >= 4 is 28.8 Å². The van der Waals surface area contributed by atoms with Crippen LogP contribution in [0.1, 0.15) is 0 Å². The smallest absolute Gasteiger partial charge is 0.327 e. The second-order valence-corrected chi connectivity index (χ2v) is 4.77. The summed E-state index contributed by atoms with van der Waals surface area (Å²) in [6.07, 6.45) is 0. The number of imidazole rings is 1. The second kappa shape index (κ2) is 4.90. The van der Waals surface area contributed by atoms with Crippen LogP contribution >= 0.6 is 11.8 Å². The fourth-order valence-electron chi connectivity index (χ4n) is 1.55. The fourth-order valence-corrected chi connectivity index (χ4v) is 2.23. The number of thioether (sulfide) groups is 1. The van der Waals surface area contributed by atoms with Crippen molar-refractivity contribution in [1.82, 2.24) is 24.5 Å². The molecule has 2 rings (SSSR count). The maximum absolute atomic E-state index is 11.9. The van der Waals surface area contributed by atoms with E-state index in [2.05, 4.69) is 9.97 Å². The van der Waals surface area contributed by atoms with E-state index in [4.69, 9.17) is 5.84 Å². The van der Waals surface area contributed by atoms with Crippen LogP contribution in [-0.2, 0) is 18.9 Å². The highest BCUT2D eigenvalue weighted by molar-refractivity contribution is 7.99. The van der Waals surface area contributed by atoms with Crippen LogP contribution in [0.3, 0.4) is 0 Å². The lowest BCUT2D eigenvalue weighted by Gasteiger charge is -2.00. The number of carbonyl (C=O) groups excluding carboxylic acids is 1. The van der Waals surface area contributed by atoms with E-state index in [1.807, 2.05) is 5.43 Å². The van der Waals surface area contributed by atoms with E-state index in [9.17, 15) is 14.4 Å². The molecule has 0 aromatic carbocycles. The summed E-state index contributed by atoms with van der Waals surface area (Å²) in [7, 11) is 2.91. The van der Waals surface area contributed by atoms with E-state index in [1.54, 1.807) is 0 Å². The predicted molar refractivity (Wildman–Crippen MR) is 69.6 cm³/mol. The second-order valence-electron chi connectivity index (χ2n) is 3.80. The zero-order valence-corrected chi connectivity index (χ0v) is 11.1. The molecule has 4 N–H and O–H groups in total. The molecular formula is C9H12N6O3S. The summed E-state index contributed by atoms with van der Waals surface area (Å²) in [5.41, 5.74) is 1.55. The largest absolute Gasteiger partial charge is 0.332 e. The number of hydrazine groups is 1. The molecule has 0 aliphatic heterocycles. The third kappa shape index (κ3) is 2.27. The molecule has 0 spiro atoms. The Bertz CT molecular complexity index is 758. The van der Waals surface area contributed by atoms with Gasteiger partial charge in [0, 0.05) is 14.1 Å². The van der Waals surface area contributed by atoms with Gasteiger partial charge in [-0.3, -0.25) is 24.1 Å². The Kier molecular flexibility index (Phi) is 3.44. The first kappa shape index (κ1) is 13.4. The highest BCUT2D eigenvalue weighted by atomic mass is 32.2. The molecule has 0 atom stereocenters. The van der Waals surface area contributed by atoms with Crippen LogP contribution in [0.5, 0.6) is 0 Å². The van der Waals surface area contributed by atoms with Crippen LogP contribution in [0, 0.1) is 0 Å². The summed E-state index contributed by atoms with van der Waals surface area (Å²) in [4.78, 5) is 41.5. The quantitative estimate of drug-likeness (QED) is 0.260. The minimum atomic E-state index is -0.458. The van der Waals surface area contributed by atoms with Gasteiger partial charge in [-0.2, -0.15) is 0 Å². The van der Waals surface area contributed by atoms with Gasteiger partial charge in [0.25, 0.3) is 5.56 Å². The minimum absolute atomic E-state index is 0.0601. The molecule has 0 bridgehead atoms. The van der Waals surface area contributed by atoms with Gasteiger partial charge in [0.1, 0.15) is 0 Å². The molecule has 2 aromatic heterocycles. The molecule has 0 aliphatic carbocycles. The number of fused-ring (bicyclic) bond motifs is 1. The van der Waals surface area contributed by atoms with Crippen LogP contribution in [0.25, 0.3) is 11.2 Å². The van der Waals surface area contributed by atoms with Crippen molar-refractivity contribution in [3.63, 3.8) is 0 Å². The number of hydrogen-bond acceptors (Lipinski definition) is 6. The van der Waals surface area contributed by atoms with Crippen LogP contribution < -0.4 is 22.5 Å². The molecule has 2 heterocycles. The van der Waals surface area contributed by atoms with E-state index in [-0.39, 0.29) is 22.8 Å². The highest BCUT2D eigenvalue weighted by Crippen LogP contribution is 2.15. The Morgan fingerprint density at radius 2 is 2.11 bits per heavy atom. The number of nitrogens with zero attached hydrogens (tertiary/aromatic N) is 3. The maximum atomic E-state index is 11.9. The zero-order valence-electron chi connectivity index (χ0n) is 10.3. The topological polar surface area (TPSA) is 128 Å². The molecule has 0 radical (unpaired) electrons. The maximum Gasteiger partial charge on any atom is 0.332 e. The summed E-state index contributed by atoms with van der Waals surface area (Å²) < 4.78 is 2.25. The Morgan fingerprint density at radius 3 is 2.74 bits per heavy atom. The lowest BCUT2D eigenvalue weighted by atomic mass is 10.5. The van der Waals surface area contributed by atoms with Gasteiger partial charge in [0.2, 0.25) is 5.91 Å². The summed E-state index contributed by atoms with van der Waals surface area (Å²) in [5, 5.41) is 0.372. The Hall–Kier alpha value is -2.07. The molecule has 2 aromatic rings. The number of hydrogen-bond donors (Lipinski definition) is 3. The summed E-state index contributed by atoms with van der Waals surface area (Å²) in [5.74, 6) is 4.65. The summed E-state index contributed by atoms with van der Waals surface area (Å²) >= 11 is 1.09. The molecule has 0 fully saturated rings. The van der Waals surface area contributed by atoms with Gasteiger partial charge in [-0.05, 0) is 0 Å². The summed E-state index contributed by atoms with van der Waals surface area (Å²) in [6, 6.07) is 0. The molecular weight excluding hydrogens is 272 g/mol. The third-order valence-electron chi connectivity index (χ3n) is 2.57. The van der Waals surface area contributed by atoms with Gasteiger partial charge in [0.15, 0.2) is 16.3 Å².